The van der Waals surface area contributed by atoms with Gasteiger partial charge in [0.25, 0.3) is 0 Å². The van der Waals surface area contributed by atoms with Gasteiger partial charge < -0.3 is 10.4 Å². The molecule has 0 amide bonds. The van der Waals surface area contributed by atoms with Crippen LogP contribution in [-0.2, 0) is 0 Å². The maximum absolute atomic E-state index is 8.83. The first kappa shape index (κ1) is 4.77. The Morgan fingerprint density at radius 2 is 2.62 bits per heavy atom. The molecule has 1 saturated carbocycles. The van der Waals surface area contributed by atoms with Crippen LogP contribution in [0.4, 0.5) is 0 Å². The summed E-state index contributed by atoms with van der Waals surface area (Å²) in [7, 11) is 0. The summed E-state index contributed by atoms with van der Waals surface area (Å²) in [5.41, 5.74) is 0.347. The highest BCUT2D eigenvalue weighted by Gasteiger charge is 2.56. The highest BCUT2D eigenvalue weighted by Crippen LogP contribution is 2.54. The molecule has 2 N–H and O–H groups in total. The fourth-order valence-electron chi connectivity index (χ4n) is 1.68. The van der Waals surface area contributed by atoms with Gasteiger partial charge in [0.2, 0.25) is 0 Å². The van der Waals surface area contributed by atoms with Gasteiger partial charge in [0, 0.05) is 12.0 Å². The number of hydrogen-bond donors (Lipinski definition) is 2. The second kappa shape index (κ2) is 1.25. The molecular formula is C6H11NO. The lowest BCUT2D eigenvalue weighted by Gasteiger charge is -2.03. The number of nitrogens with one attached hydrogen (secondary N) is 1. The van der Waals surface area contributed by atoms with Crippen LogP contribution in [0.2, 0.25) is 0 Å². The molecule has 1 saturated heterocycles. The van der Waals surface area contributed by atoms with Crippen LogP contribution in [0.5, 0.6) is 0 Å². The van der Waals surface area contributed by atoms with Crippen LogP contribution in [-0.4, -0.2) is 24.8 Å². The quantitative estimate of drug-likeness (QED) is 0.484. The van der Waals surface area contributed by atoms with Gasteiger partial charge in [-0.05, 0) is 18.9 Å². The average Bonchev–Trinajstić information content (AvgIpc) is 2.38. The van der Waals surface area contributed by atoms with E-state index in [1.165, 1.54) is 6.42 Å². The van der Waals surface area contributed by atoms with Crippen molar-refractivity contribution in [3.63, 3.8) is 0 Å². The van der Waals surface area contributed by atoms with Crippen molar-refractivity contribution in [1.29, 1.82) is 0 Å². The summed E-state index contributed by atoms with van der Waals surface area (Å²) in [6.07, 6.45) is 1.26. The predicted octanol–water partition coefficient (Wildman–Crippen LogP) is -0.412. The zero-order valence-corrected chi connectivity index (χ0v) is 4.85. The molecule has 1 aliphatic carbocycles. The van der Waals surface area contributed by atoms with Crippen molar-refractivity contribution in [3.8, 4) is 0 Å². The summed E-state index contributed by atoms with van der Waals surface area (Å²) in [4.78, 5) is 0. The number of fused-ring (bicyclic) bond motifs is 1. The van der Waals surface area contributed by atoms with Gasteiger partial charge in [-0.3, -0.25) is 0 Å². The van der Waals surface area contributed by atoms with Gasteiger partial charge in [-0.25, -0.2) is 0 Å². The largest absolute Gasteiger partial charge is 0.396 e. The molecule has 0 radical (unpaired) electrons. The highest BCUT2D eigenvalue weighted by molar-refractivity contribution is 5.08. The molecule has 1 aliphatic heterocycles. The lowest BCUT2D eigenvalue weighted by molar-refractivity contribution is 0.214. The van der Waals surface area contributed by atoms with Crippen LogP contribution in [0.25, 0.3) is 0 Å². The van der Waals surface area contributed by atoms with Gasteiger partial charge >= 0.3 is 0 Å². The van der Waals surface area contributed by atoms with Crippen molar-refractivity contribution in [2.45, 2.75) is 6.42 Å². The third-order valence-electron chi connectivity index (χ3n) is 2.54. The molecule has 0 bridgehead atoms. The van der Waals surface area contributed by atoms with Crippen molar-refractivity contribution >= 4 is 0 Å². The Kier molecular flexibility index (Phi) is 0.746. The Hall–Kier alpha value is -0.0800. The third kappa shape index (κ3) is 0.400. The van der Waals surface area contributed by atoms with E-state index in [2.05, 4.69) is 5.32 Å². The SMILES string of the molecule is OC[C@]12CNC[C@H]1C2. The number of aliphatic hydroxyl groups is 1. The topological polar surface area (TPSA) is 32.3 Å². The monoisotopic (exact) mass is 113 g/mol. The molecule has 2 heteroatoms. The minimum atomic E-state index is 0.347. The average molecular weight is 113 g/mol. The molecule has 0 unspecified atom stereocenters. The fraction of sp³-hybridized carbons (Fsp3) is 1.00. The number of hydrogen-bond acceptors (Lipinski definition) is 2. The molecule has 0 aromatic heterocycles. The van der Waals surface area contributed by atoms with Crippen molar-refractivity contribution in [2.75, 3.05) is 19.7 Å². The van der Waals surface area contributed by atoms with E-state index in [1.54, 1.807) is 0 Å². The van der Waals surface area contributed by atoms with Crippen molar-refractivity contribution in [2.24, 2.45) is 11.3 Å². The molecule has 2 atom stereocenters. The zero-order valence-electron chi connectivity index (χ0n) is 4.85. The predicted molar refractivity (Wildman–Crippen MR) is 30.5 cm³/mol. The van der Waals surface area contributed by atoms with E-state index in [0.29, 0.717) is 12.0 Å². The van der Waals surface area contributed by atoms with Crippen LogP contribution in [0, 0.1) is 11.3 Å². The van der Waals surface area contributed by atoms with Crippen LogP contribution in [0.3, 0.4) is 0 Å². The Balaban J connectivity index is 2.08. The van der Waals surface area contributed by atoms with Gasteiger partial charge in [-0.15, -0.1) is 0 Å². The Labute approximate surface area is 48.9 Å². The molecule has 0 aromatic rings. The normalized spacial score (nSPS) is 51.4. The van der Waals surface area contributed by atoms with E-state index in [9.17, 15) is 0 Å². The minimum absolute atomic E-state index is 0.347. The van der Waals surface area contributed by atoms with Crippen molar-refractivity contribution in [1.82, 2.24) is 5.32 Å². The standard InChI is InChI=1S/C6H11NO/c8-4-6-1-5(6)2-7-3-6/h5,7-8H,1-4H2/t5-,6+/m1/s1. The van der Waals surface area contributed by atoms with Crippen molar-refractivity contribution < 1.29 is 5.11 Å². The second-order valence-electron chi connectivity index (χ2n) is 3.05. The van der Waals surface area contributed by atoms with E-state index in [4.69, 9.17) is 5.11 Å². The van der Waals surface area contributed by atoms with E-state index < -0.39 is 0 Å². The summed E-state index contributed by atoms with van der Waals surface area (Å²) < 4.78 is 0. The molecule has 0 spiro atoms. The van der Waals surface area contributed by atoms with Gasteiger partial charge in [0.15, 0.2) is 0 Å². The van der Waals surface area contributed by atoms with Gasteiger partial charge in [-0.2, -0.15) is 0 Å². The molecule has 2 rings (SSSR count). The molecule has 0 aromatic carbocycles. The molecule has 1 heterocycles. The molecule has 2 aliphatic rings. The maximum Gasteiger partial charge on any atom is 0.0502 e. The zero-order chi connectivity index (χ0) is 5.61. The molecular weight excluding hydrogens is 102 g/mol. The second-order valence-corrected chi connectivity index (χ2v) is 3.05. The fourth-order valence-corrected chi connectivity index (χ4v) is 1.68. The van der Waals surface area contributed by atoms with Gasteiger partial charge in [0.05, 0.1) is 6.61 Å². The summed E-state index contributed by atoms with van der Waals surface area (Å²) in [6.45, 7) is 2.58. The lowest BCUT2D eigenvalue weighted by Crippen LogP contribution is -2.18. The maximum atomic E-state index is 8.83. The molecule has 2 nitrogen and oxygen atoms in total. The van der Waals surface area contributed by atoms with Crippen molar-refractivity contribution in [3.05, 3.63) is 0 Å². The molecule has 8 heavy (non-hydrogen) atoms. The first-order valence-corrected chi connectivity index (χ1v) is 3.19. The highest BCUT2D eigenvalue weighted by atomic mass is 16.3. The van der Waals surface area contributed by atoms with Crippen LogP contribution in [0.1, 0.15) is 6.42 Å². The minimum Gasteiger partial charge on any atom is -0.396 e. The van der Waals surface area contributed by atoms with E-state index in [0.717, 1.165) is 19.0 Å². The van der Waals surface area contributed by atoms with Crippen LogP contribution >= 0.6 is 0 Å². The van der Waals surface area contributed by atoms with Crippen LogP contribution < -0.4 is 5.32 Å². The number of aliphatic hydroxyl groups excluding tert-OH is 1. The number of piperidine rings is 1. The Bertz CT molecular complexity index is 111. The van der Waals surface area contributed by atoms with Gasteiger partial charge in [0.1, 0.15) is 0 Å². The first-order chi connectivity index (χ1) is 3.87. The summed E-state index contributed by atoms with van der Waals surface area (Å²) >= 11 is 0. The van der Waals surface area contributed by atoms with Crippen LogP contribution in [0.15, 0.2) is 0 Å². The smallest absolute Gasteiger partial charge is 0.0502 e. The van der Waals surface area contributed by atoms with E-state index >= 15 is 0 Å². The molecule has 46 valence electrons. The lowest BCUT2D eigenvalue weighted by atomic mass is 10.1. The van der Waals surface area contributed by atoms with Gasteiger partial charge in [-0.1, -0.05) is 0 Å². The Morgan fingerprint density at radius 3 is 2.88 bits per heavy atom. The number of rotatable bonds is 1. The third-order valence-corrected chi connectivity index (χ3v) is 2.54. The summed E-state index contributed by atoms with van der Waals surface area (Å²) in [6, 6.07) is 0. The van der Waals surface area contributed by atoms with E-state index in [1.807, 2.05) is 0 Å². The summed E-state index contributed by atoms with van der Waals surface area (Å²) in [5, 5.41) is 12.1. The molecule has 2 fully saturated rings. The summed E-state index contributed by atoms with van der Waals surface area (Å²) in [5.74, 6) is 0.812. The van der Waals surface area contributed by atoms with E-state index in [-0.39, 0.29) is 0 Å². The Morgan fingerprint density at radius 1 is 1.75 bits per heavy atom. The first-order valence-electron chi connectivity index (χ1n) is 3.19.